The van der Waals surface area contributed by atoms with Gasteiger partial charge in [-0.25, -0.2) is 4.98 Å². The van der Waals surface area contributed by atoms with Gasteiger partial charge < -0.3 is 15.6 Å². The van der Waals surface area contributed by atoms with Crippen molar-refractivity contribution in [3.05, 3.63) is 58.1 Å². The van der Waals surface area contributed by atoms with Crippen LogP contribution in [0.3, 0.4) is 0 Å². The first kappa shape index (κ1) is 22.9. The van der Waals surface area contributed by atoms with E-state index < -0.39 is 18.1 Å². The van der Waals surface area contributed by atoms with E-state index in [9.17, 15) is 9.90 Å². The molecule has 32 heavy (non-hydrogen) atoms. The SMILES string of the molecule is Cc1nc2cc(OCC(O)CN3CCN(C(C(N)=O)c4ccccc4Cl)CC3)ccc2s1. The Morgan fingerprint density at radius 3 is 2.72 bits per heavy atom. The van der Waals surface area contributed by atoms with E-state index in [1.807, 2.05) is 48.2 Å². The number of nitrogens with two attached hydrogens (primary N) is 1. The van der Waals surface area contributed by atoms with Gasteiger partial charge in [0.2, 0.25) is 5.91 Å². The van der Waals surface area contributed by atoms with E-state index in [1.54, 1.807) is 17.4 Å². The minimum atomic E-state index is -0.620. The second-order valence-corrected chi connectivity index (χ2v) is 9.63. The van der Waals surface area contributed by atoms with Gasteiger partial charge in [0, 0.05) is 43.8 Å². The van der Waals surface area contributed by atoms with Gasteiger partial charge in [-0.2, -0.15) is 0 Å². The third kappa shape index (κ3) is 5.39. The minimum Gasteiger partial charge on any atom is -0.491 e. The molecule has 0 radical (unpaired) electrons. The van der Waals surface area contributed by atoms with Gasteiger partial charge in [0.05, 0.1) is 15.2 Å². The molecule has 7 nitrogen and oxygen atoms in total. The van der Waals surface area contributed by atoms with Gasteiger partial charge in [0.15, 0.2) is 0 Å². The van der Waals surface area contributed by atoms with Crippen LogP contribution in [0.4, 0.5) is 0 Å². The number of ether oxygens (including phenoxy) is 1. The molecule has 0 bridgehead atoms. The van der Waals surface area contributed by atoms with E-state index in [1.165, 1.54) is 0 Å². The number of β-amino-alcohol motifs (C(OH)–C–C–N with tert-alkyl or cyclic N) is 1. The van der Waals surface area contributed by atoms with E-state index in [0.717, 1.165) is 33.9 Å². The summed E-state index contributed by atoms with van der Waals surface area (Å²) in [5.74, 6) is 0.294. The first-order valence-electron chi connectivity index (χ1n) is 10.6. The second-order valence-electron chi connectivity index (χ2n) is 7.99. The standard InChI is InChI=1S/C23H27ClN4O3S/c1-15-26-20-12-17(6-7-21(20)32-15)31-14-16(29)13-27-8-10-28(11-9-27)22(23(25)30)18-4-2-3-5-19(18)24/h2-7,12,16,22,29H,8-11,13-14H2,1H3,(H2,25,30). The Balaban J connectivity index is 1.28. The number of thiazole rings is 1. The Kier molecular flexibility index (Phi) is 7.27. The molecule has 3 aromatic rings. The highest BCUT2D eigenvalue weighted by atomic mass is 35.5. The molecule has 170 valence electrons. The van der Waals surface area contributed by atoms with Crippen LogP contribution < -0.4 is 10.5 Å². The molecule has 3 N–H and O–H groups in total. The molecule has 9 heteroatoms. The number of hydrogen-bond acceptors (Lipinski definition) is 7. The summed E-state index contributed by atoms with van der Waals surface area (Å²) in [4.78, 5) is 20.9. The molecule has 1 amide bonds. The maximum absolute atomic E-state index is 12.2. The summed E-state index contributed by atoms with van der Waals surface area (Å²) in [5.41, 5.74) is 7.35. The number of aliphatic hydroxyl groups excluding tert-OH is 1. The molecule has 2 aromatic carbocycles. The number of benzene rings is 2. The normalized spacial score (nSPS) is 17.3. The Hall–Kier alpha value is -2.23. The molecule has 0 aliphatic carbocycles. The van der Waals surface area contributed by atoms with Crippen molar-refractivity contribution in [2.45, 2.75) is 19.1 Å². The number of aryl methyl sites for hydroxylation is 1. The number of carbonyl (C=O) groups is 1. The zero-order valence-electron chi connectivity index (χ0n) is 17.9. The van der Waals surface area contributed by atoms with Crippen LogP contribution in [0, 0.1) is 6.92 Å². The number of carbonyl (C=O) groups excluding carboxylic acids is 1. The Morgan fingerprint density at radius 2 is 2.00 bits per heavy atom. The van der Waals surface area contributed by atoms with Crippen LogP contribution in [0.25, 0.3) is 10.2 Å². The first-order chi connectivity index (χ1) is 15.4. The average molecular weight is 475 g/mol. The largest absolute Gasteiger partial charge is 0.491 e. The van der Waals surface area contributed by atoms with Crippen LogP contribution in [-0.2, 0) is 4.79 Å². The summed E-state index contributed by atoms with van der Waals surface area (Å²) < 4.78 is 6.91. The molecule has 1 aliphatic rings. The van der Waals surface area contributed by atoms with E-state index in [0.29, 0.717) is 30.4 Å². The summed E-state index contributed by atoms with van der Waals surface area (Å²) in [6, 6.07) is 12.6. The molecule has 0 saturated carbocycles. The molecule has 2 heterocycles. The molecule has 4 rings (SSSR count). The summed E-state index contributed by atoms with van der Waals surface area (Å²) in [6.45, 7) is 5.44. The number of piperazine rings is 1. The predicted molar refractivity (Wildman–Crippen MR) is 127 cm³/mol. The minimum absolute atomic E-state index is 0.207. The molecule has 2 atom stereocenters. The lowest BCUT2D eigenvalue weighted by Crippen LogP contribution is -2.52. The van der Waals surface area contributed by atoms with Gasteiger partial charge in [-0.1, -0.05) is 29.8 Å². The molecule has 1 aromatic heterocycles. The lowest BCUT2D eigenvalue weighted by atomic mass is 10.0. The van der Waals surface area contributed by atoms with Crippen LogP contribution in [0.15, 0.2) is 42.5 Å². The zero-order chi connectivity index (χ0) is 22.7. The maximum Gasteiger partial charge on any atom is 0.239 e. The van der Waals surface area contributed by atoms with Crippen molar-refractivity contribution in [2.75, 3.05) is 39.3 Å². The van der Waals surface area contributed by atoms with Crippen LogP contribution in [0.5, 0.6) is 5.75 Å². The quantitative estimate of drug-likeness (QED) is 0.521. The third-order valence-corrected chi connectivity index (χ3v) is 6.91. The van der Waals surface area contributed by atoms with Crippen molar-refractivity contribution in [1.82, 2.24) is 14.8 Å². The number of aromatic nitrogens is 1. The molecule has 1 aliphatic heterocycles. The predicted octanol–water partition coefficient (Wildman–Crippen LogP) is 2.84. The highest BCUT2D eigenvalue weighted by molar-refractivity contribution is 7.18. The third-order valence-electron chi connectivity index (χ3n) is 5.62. The van der Waals surface area contributed by atoms with Gasteiger partial charge in [-0.05, 0) is 30.7 Å². The monoisotopic (exact) mass is 474 g/mol. The fourth-order valence-electron chi connectivity index (χ4n) is 4.09. The fourth-order valence-corrected chi connectivity index (χ4v) is 5.13. The molecule has 0 spiro atoms. The van der Waals surface area contributed by atoms with Crippen molar-refractivity contribution in [2.24, 2.45) is 5.73 Å². The van der Waals surface area contributed by atoms with Gasteiger partial charge >= 0.3 is 0 Å². The zero-order valence-corrected chi connectivity index (χ0v) is 19.5. The average Bonchev–Trinajstić information content (AvgIpc) is 3.14. The van der Waals surface area contributed by atoms with Crippen molar-refractivity contribution >= 4 is 39.1 Å². The van der Waals surface area contributed by atoms with Crippen molar-refractivity contribution < 1.29 is 14.6 Å². The van der Waals surface area contributed by atoms with Crippen molar-refractivity contribution in [3.63, 3.8) is 0 Å². The molecule has 1 saturated heterocycles. The molecular weight excluding hydrogens is 448 g/mol. The van der Waals surface area contributed by atoms with Crippen LogP contribution >= 0.6 is 22.9 Å². The van der Waals surface area contributed by atoms with Crippen LogP contribution in [0.2, 0.25) is 5.02 Å². The number of nitrogens with zero attached hydrogens (tertiary/aromatic N) is 3. The second kappa shape index (κ2) is 10.1. The van der Waals surface area contributed by atoms with Gasteiger partial charge in [0.1, 0.15) is 24.5 Å². The maximum atomic E-state index is 12.2. The van der Waals surface area contributed by atoms with E-state index in [-0.39, 0.29) is 6.61 Å². The smallest absolute Gasteiger partial charge is 0.239 e. The number of fused-ring (bicyclic) bond motifs is 1. The van der Waals surface area contributed by atoms with Crippen LogP contribution in [-0.4, -0.2) is 71.2 Å². The fraction of sp³-hybridized carbons (Fsp3) is 0.391. The summed E-state index contributed by atoms with van der Waals surface area (Å²) >= 11 is 7.95. The van der Waals surface area contributed by atoms with Gasteiger partial charge in [-0.3, -0.25) is 14.6 Å². The van der Waals surface area contributed by atoms with Gasteiger partial charge in [0.25, 0.3) is 0 Å². The number of amides is 1. The summed E-state index contributed by atoms with van der Waals surface area (Å²) in [6.07, 6.45) is -0.620. The van der Waals surface area contributed by atoms with Crippen molar-refractivity contribution in [1.29, 1.82) is 0 Å². The highest BCUT2D eigenvalue weighted by Gasteiger charge is 2.30. The highest BCUT2D eigenvalue weighted by Crippen LogP contribution is 2.28. The first-order valence-corrected chi connectivity index (χ1v) is 11.8. The van der Waals surface area contributed by atoms with E-state index in [4.69, 9.17) is 22.1 Å². The van der Waals surface area contributed by atoms with Crippen molar-refractivity contribution in [3.8, 4) is 5.75 Å². The number of halogens is 1. The number of aliphatic hydroxyl groups is 1. The Labute approximate surface area is 196 Å². The molecule has 2 unspecified atom stereocenters. The Morgan fingerprint density at radius 1 is 1.25 bits per heavy atom. The summed E-state index contributed by atoms with van der Waals surface area (Å²) in [5, 5.41) is 12.0. The molecular formula is C23H27ClN4O3S. The summed E-state index contributed by atoms with van der Waals surface area (Å²) in [7, 11) is 0. The molecule has 1 fully saturated rings. The number of hydrogen-bond donors (Lipinski definition) is 2. The van der Waals surface area contributed by atoms with Gasteiger partial charge in [-0.15, -0.1) is 11.3 Å². The van der Waals surface area contributed by atoms with Crippen LogP contribution in [0.1, 0.15) is 16.6 Å². The topological polar surface area (TPSA) is 91.9 Å². The lowest BCUT2D eigenvalue weighted by Gasteiger charge is -2.39. The van der Waals surface area contributed by atoms with E-state index in [2.05, 4.69) is 9.88 Å². The Bertz CT molecular complexity index is 1080. The lowest BCUT2D eigenvalue weighted by molar-refractivity contribution is -0.124. The van der Waals surface area contributed by atoms with E-state index >= 15 is 0 Å². The number of primary amides is 1. The number of rotatable bonds is 8.